The number of methoxy groups -OCH3 is 1. The number of esters is 1. The average Bonchev–Trinajstić information content (AvgIpc) is 2.53. The van der Waals surface area contributed by atoms with E-state index in [9.17, 15) is 9.59 Å². The van der Waals surface area contributed by atoms with Crippen LogP contribution in [0.5, 0.6) is 5.75 Å². The maximum absolute atomic E-state index is 12.0. The Kier molecular flexibility index (Phi) is 5.03. The van der Waals surface area contributed by atoms with Crippen molar-refractivity contribution in [3.05, 3.63) is 23.8 Å². The van der Waals surface area contributed by atoms with Crippen LogP contribution in [-0.2, 0) is 9.53 Å². The number of likely N-dealkylation sites (tertiary alicyclic amines) is 1. The SMILES string of the molecule is COc1cccc(C(=O)OCC(=O)N2CCCCC2)c1N. The van der Waals surface area contributed by atoms with Gasteiger partial charge in [0.25, 0.3) is 5.91 Å². The molecule has 1 aromatic carbocycles. The van der Waals surface area contributed by atoms with E-state index in [0.29, 0.717) is 5.75 Å². The molecule has 1 fully saturated rings. The zero-order valence-corrected chi connectivity index (χ0v) is 12.1. The first-order valence-corrected chi connectivity index (χ1v) is 7.01. The van der Waals surface area contributed by atoms with E-state index in [1.807, 2.05) is 0 Å². The summed E-state index contributed by atoms with van der Waals surface area (Å²) in [5.74, 6) is -0.368. The van der Waals surface area contributed by atoms with Crippen molar-refractivity contribution in [1.82, 2.24) is 4.90 Å². The molecule has 2 N–H and O–H groups in total. The zero-order chi connectivity index (χ0) is 15.2. The number of carbonyl (C=O) groups excluding carboxylic acids is 2. The Labute approximate surface area is 123 Å². The summed E-state index contributed by atoms with van der Waals surface area (Å²) in [5.41, 5.74) is 6.25. The first kappa shape index (κ1) is 15.2. The monoisotopic (exact) mass is 292 g/mol. The Balaban J connectivity index is 1.94. The molecule has 0 atom stereocenters. The normalized spacial score (nSPS) is 14.6. The van der Waals surface area contributed by atoms with Crippen LogP contribution in [-0.4, -0.2) is 43.6 Å². The van der Waals surface area contributed by atoms with Gasteiger partial charge in [0.05, 0.1) is 18.4 Å². The Morgan fingerprint density at radius 1 is 1.24 bits per heavy atom. The minimum Gasteiger partial charge on any atom is -0.495 e. The van der Waals surface area contributed by atoms with Crippen LogP contribution in [0.15, 0.2) is 18.2 Å². The number of nitrogen functional groups attached to an aromatic ring is 1. The van der Waals surface area contributed by atoms with Gasteiger partial charge in [0.1, 0.15) is 5.75 Å². The van der Waals surface area contributed by atoms with Crippen LogP contribution in [0.1, 0.15) is 29.6 Å². The van der Waals surface area contributed by atoms with Crippen molar-refractivity contribution in [1.29, 1.82) is 0 Å². The van der Waals surface area contributed by atoms with Gasteiger partial charge >= 0.3 is 5.97 Å². The van der Waals surface area contributed by atoms with Crippen LogP contribution in [0, 0.1) is 0 Å². The minimum atomic E-state index is -0.614. The van der Waals surface area contributed by atoms with Gasteiger partial charge in [-0.1, -0.05) is 6.07 Å². The average molecular weight is 292 g/mol. The lowest BCUT2D eigenvalue weighted by Gasteiger charge is -2.26. The van der Waals surface area contributed by atoms with Gasteiger partial charge in [-0.25, -0.2) is 4.79 Å². The minimum absolute atomic E-state index is 0.162. The third-order valence-corrected chi connectivity index (χ3v) is 3.54. The van der Waals surface area contributed by atoms with Crippen molar-refractivity contribution in [2.45, 2.75) is 19.3 Å². The lowest BCUT2D eigenvalue weighted by atomic mass is 10.1. The Morgan fingerprint density at radius 2 is 1.95 bits per heavy atom. The Morgan fingerprint density at radius 3 is 2.62 bits per heavy atom. The van der Waals surface area contributed by atoms with E-state index in [-0.39, 0.29) is 23.8 Å². The maximum atomic E-state index is 12.0. The molecule has 0 aromatic heterocycles. The molecule has 21 heavy (non-hydrogen) atoms. The predicted octanol–water partition coefficient (Wildman–Crippen LogP) is 1.45. The van der Waals surface area contributed by atoms with Crippen molar-refractivity contribution >= 4 is 17.6 Å². The molecular weight excluding hydrogens is 272 g/mol. The summed E-state index contributed by atoms with van der Waals surface area (Å²) in [6, 6.07) is 4.86. The van der Waals surface area contributed by atoms with E-state index in [0.717, 1.165) is 32.4 Å². The van der Waals surface area contributed by atoms with E-state index < -0.39 is 5.97 Å². The molecule has 6 heteroatoms. The number of nitrogens with zero attached hydrogens (tertiary/aromatic N) is 1. The number of hydrogen-bond acceptors (Lipinski definition) is 5. The van der Waals surface area contributed by atoms with Gasteiger partial charge in [-0.05, 0) is 31.4 Å². The highest BCUT2D eigenvalue weighted by Gasteiger charge is 2.20. The van der Waals surface area contributed by atoms with Gasteiger partial charge in [-0.2, -0.15) is 0 Å². The number of piperidine rings is 1. The molecule has 0 bridgehead atoms. The summed E-state index contributed by atoms with van der Waals surface area (Å²) in [5, 5.41) is 0. The Bertz CT molecular complexity index is 524. The van der Waals surface area contributed by atoms with Gasteiger partial charge in [-0.3, -0.25) is 4.79 Å². The number of carbonyl (C=O) groups is 2. The standard InChI is InChI=1S/C15H20N2O4/c1-20-12-7-5-6-11(14(12)16)15(19)21-10-13(18)17-8-3-2-4-9-17/h5-7H,2-4,8-10,16H2,1H3. The summed E-state index contributed by atoms with van der Waals surface area (Å²) < 4.78 is 10.1. The number of anilines is 1. The molecule has 0 aliphatic carbocycles. The first-order valence-electron chi connectivity index (χ1n) is 7.01. The van der Waals surface area contributed by atoms with Crippen molar-refractivity contribution in [3.8, 4) is 5.75 Å². The summed E-state index contributed by atoms with van der Waals surface area (Å²) in [6.07, 6.45) is 3.15. The highest BCUT2D eigenvalue weighted by Crippen LogP contribution is 2.25. The molecule has 114 valence electrons. The molecule has 1 aromatic rings. The van der Waals surface area contributed by atoms with Crippen LogP contribution in [0.2, 0.25) is 0 Å². The van der Waals surface area contributed by atoms with Crippen LogP contribution in [0.3, 0.4) is 0 Å². The van der Waals surface area contributed by atoms with E-state index >= 15 is 0 Å². The van der Waals surface area contributed by atoms with Gasteiger partial charge in [-0.15, -0.1) is 0 Å². The molecule has 1 amide bonds. The number of ether oxygens (including phenoxy) is 2. The third kappa shape index (κ3) is 3.65. The van der Waals surface area contributed by atoms with E-state index in [1.54, 1.807) is 23.1 Å². The molecule has 0 spiro atoms. The van der Waals surface area contributed by atoms with Crippen molar-refractivity contribution in [2.24, 2.45) is 0 Å². The summed E-state index contributed by atoms with van der Waals surface area (Å²) in [6.45, 7) is 1.21. The molecular formula is C15H20N2O4. The number of hydrogen-bond donors (Lipinski definition) is 1. The van der Waals surface area contributed by atoms with Crippen LogP contribution < -0.4 is 10.5 Å². The molecule has 0 radical (unpaired) electrons. The van der Waals surface area contributed by atoms with Gasteiger partial charge in [0.15, 0.2) is 6.61 Å². The number of nitrogens with two attached hydrogens (primary N) is 1. The lowest BCUT2D eigenvalue weighted by molar-refractivity contribution is -0.135. The summed E-state index contributed by atoms with van der Waals surface area (Å²) >= 11 is 0. The highest BCUT2D eigenvalue weighted by atomic mass is 16.5. The summed E-state index contributed by atoms with van der Waals surface area (Å²) in [4.78, 5) is 25.7. The van der Waals surface area contributed by atoms with Gasteiger partial charge in [0.2, 0.25) is 0 Å². The van der Waals surface area contributed by atoms with Crippen molar-refractivity contribution in [3.63, 3.8) is 0 Å². The van der Waals surface area contributed by atoms with Crippen LogP contribution in [0.25, 0.3) is 0 Å². The van der Waals surface area contributed by atoms with E-state index in [1.165, 1.54) is 7.11 Å². The van der Waals surface area contributed by atoms with Crippen molar-refractivity contribution < 1.29 is 19.1 Å². The summed E-state index contributed by atoms with van der Waals surface area (Å²) in [7, 11) is 1.47. The molecule has 0 unspecified atom stereocenters. The molecule has 1 aliphatic rings. The smallest absolute Gasteiger partial charge is 0.340 e. The molecule has 0 saturated carbocycles. The second kappa shape index (κ2) is 6.97. The second-order valence-corrected chi connectivity index (χ2v) is 4.94. The van der Waals surface area contributed by atoms with Crippen LogP contribution in [0.4, 0.5) is 5.69 Å². The number of benzene rings is 1. The van der Waals surface area contributed by atoms with E-state index in [4.69, 9.17) is 15.2 Å². The predicted molar refractivity (Wildman–Crippen MR) is 78.1 cm³/mol. The van der Waals surface area contributed by atoms with Gasteiger partial charge < -0.3 is 20.1 Å². The topological polar surface area (TPSA) is 81.9 Å². The molecule has 1 heterocycles. The van der Waals surface area contributed by atoms with Crippen molar-refractivity contribution in [2.75, 3.05) is 32.5 Å². The Hall–Kier alpha value is -2.24. The quantitative estimate of drug-likeness (QED) is 0.671. The number of rotatable bonds is 4. The fourth-order valence-corrected chi connectivity index (χ4v) is 2.34. The molecule has 2 rings (SSSR count). The van der Waals surface area contributed by atoms with Gasteiger partial charge in [0, 0.05) is 13.1 Å². The fourth-order valence-electron chi connectivity index (χ4n) is 2.34. The number of amides is 1. The lowest BCUT2D eigenvalue weighted by Crippen LogP contribution is -2.38. The molecule has 6 nitrogen and oxygen atoms in total. The van der Waals surface area contributed by atoms with E-state index in [2.05, 4.69) is 0 Å². The fraction of sp³-hybridized carbons (Fsp3) is 0.467. The highest BCUT2D eigenvalue weighted by molar-refractivity contribution is 5.97. The maximum Gasteiger partial charge on any atom is 0.340 e. The second-order valence-electron chi connectivity index (χ2n) is 4.94. The molecule has 1 saturated heterocycles. The van der Waals surface area contributed by atoms with Crippen LogP contribution >= 0.6 is 0 Å². The number of para-hydroxylation sites is 1. The zero-order valence-electron chi connectivity index (χ0n) is 12.1. The first-order chi connectivity index (χ1) is 10.1. The third-order valence-electron chi connectivity index (χ3n) is 3.54. The molecule has 1 aliphatic heterocycles. The largest absolute Gasteiger partial charge is 0.495 e.